The Labute approximate surface area is 158 Å². The smallest absolute Gasteiger partial charge is 0.0946 e. The van der Waals surface area contributed by atoms with E-state index < -0.39 is 0 Å². The second-order valence-corrected chi connectivity index (χ2v) is 8.00. The van der Waals surface area contributed by atoms with Gasteiger partial charge in [0.25, 0.3) is 0 Å². The first kappa shape index (κ1) is 16.9. The van der Waals surface area contributed by atoms with Gasteiger partial charge in [-0.15, -0.1) is 11.8 Å². The number of hydrogen-bond donors (Lipinski definition) is 0. The number of nitrogens with zero attached hydrogens (tertiary/aromatic N) is 2. The Morgan fingerprint density at radius 1 is 1.09 bits per heavy atom. The van der Waals surface area contributed by atoms with E-state index in [9.17, 15) is 0 Å². The summed E-state index contributed by atoms with van der Waals surface area (Å²) in [5.74, 6) is 0. The van der Waals surface area contributed by atoms with Crippen LogP contribution in [0.25, 0.3) is 0 Å². The van der Waals surface area contributed by atoms with Crippen molar-refractivity contribution in [2.24, 2.45) is 0 Å². The molecule has 1 atom stereocenters. The topological polar surface area (TPSA) is 17.8 Å². The SMILES string of the molecule is Clc1ccc(SC(Cn2ccnc2)c2ccc(Br)cc2)cc1Cl. The van der Waals surface area contributed by atoms with E-state index in [1.54, 1.807) is 18.0 Å². The van der Waals surface area contributed by atoms with E-state index in [2.05, 4.69) is 49.7 Å². The standard InChI is InChI=1S/C17H13BrCl2N2S/c18-13-3-1-12(2-4-13)17(10-22-8-7-21-11-22)23-14-5-6-15(19)16(20)9-14/h1-9,11,17H,10H2. The molecule has 0 aliphatic carbocycles. The molecule has 0 saturated carbocycles. The molecule has 6 heteroatoms. The predicted molar refractivity (Wildman–Crippen MR) is 101 cm³/mol. The monoisotopic (exact) mass is 426 g/mol. The fourth-order valence-electron chi connectivity index (χ4n) is 2.19. The van der Waals surface area contributed by atoms with E-state index in [-0.39, 0.29) is 5.25 Å². The summed E-state index contributed by atoms with van der Waals surface area (Å²) in [5.41, 5.74) is 1.25. The van der Waals surface area contributed by atoms with Crippen molar-refractivity contribution in [1.82, 2.24) is 9.55 Å². The summed E-state index contributed by atoms with van der Waals surface area (Å²) in [7, 11) is 0. The van der Waals surface area contributed by atoms with Gasteiger partial charge < -0.3 is 4.57 Å². The van der Waals surface area contributed by atoms with Crippen molar-refractivity contribution in [2.75, 3.05) is 0 Å². The minimum absolute atomic E-state index is 0.245. The summed E-state index contributed by atoms with van der Waals surface area (Å²) in [6.07, 6.45) is 5.60. The second-order valence-electron chi connectivity index (χ2n) is 4.99. The molecule has 0 fully saturated rings. The Balaban J connectivity index is 1.87. The Kier molecular flexibility index (Phi) is 5.70. The summed E-state index contributed by atoms with van der Waals surface area (Å²) >= 11 is 17.4. The number of benzene rings is 2. The molecule has 0 radical (unpaired) electrons. The van der Waals surface area contributed by atoms with Crippen molar-refractivity contribution < 1.29 is 0 Å². The lowest BCUT2D eigenvalue weighted by Gasteiger charge is -2.18. The molecule has 0 saturated heterocycles. The maximum Gasteiger partial charge on any atom is 0.0946 e. The highest BCUT2D eigenvalue weighted by atomic mass is 79.9. The van der Waals surface area contributed by atoms with Crippen LogP contribution in [-0.4, -0.2) is 9.55 Å². The highest BCUT2D eigenvalue weighted by molar-refractivity contribution is 9.10. The molecule has 0 bridgehead atoms. The summed E-state index contributed by atoms with van der Waals surface area (Å²) in [5, 5.41) is 1.40. The fraction of sp³-hybridized carbons (Fsp3) is 0.118. The molecule has 0 N–H and O–H groups in total. The fourth-order valence-corrected chi connectivity index (χ4v) is 4.02. The molecule has 0 amide bonds. The summed E-state index contributed by atoms with van der Waals surface area (Å²) in [6, 6.07) is 14.1. The first-order valence-corrected chi connectivity index (χ1v) is 9.37. The second kappa shape index (κ2) is 7.75. The van der Waals surface area contributed by atoms with Crippen LogP contribution >= 0.6 is 50.9 Å². The Bertz CT molecular complexity index is 776. The third-order valence-electron chi connectivity index (χ3n) is 3.35. The number of halogens is 3. The van der Waals surface area contributed by atoms with E-state index in [0.29, 0.717) is 10.0 Å². The van der Waals surface area contributed by atoms with Crippen molar-refractivity contribution in [3.8, 4) is 0 Å². The molecule has 1 aromatic heterocycles. The normalized spacial score (nSPS) is 12.3. The van der Waals surface area contributed by atoms with Gasteiger partial charge >= 0.3 is 0 Å². The summed E-state index contributed by atoms with van der Waals surface area (Å²) < 4.78 is 3.15. The lowest BCUT2D eigenvalue weighted by Crippen LogP contribution is -2.05. The molecule has 1 heterocycles. The van der Waals surface area contributed by atoms with Crippen LogP contribution < -0.4 is 0 Å². The molecule has 2 aromatic carbocycles. The zero-order chi connectivity index (χ0) is 16.2. The Hall–Kier alpha value is -0.940. The van der Waals surface area contributed by atoms with Gasteiger partial charge in [-0.2, -0.15) is 0 Å². The average molecular weight is 428 g/mol. The van der Waals surface area contributed by atoms with Crippen LogP contribution in [0.1, 0.15) is 10.8 Å². The van der Waals surface area contributed by atoms with E-state index >= 15 is 0 Å². The van der Waals surface area contributed by atoms with Gasteiger partial charge in [0.15, 0.2) is 0 Å². The number of aromatic nitrogens is 2. The number of imidazole rings is 1. The number of rotatable bonds is 5. The van der Waals surface area contributed by atoms with Crippen molar-refractivity contribution in [1.29, 1.82) is 0 Å². The van der Waals surface area contributed by atoms with Gasteiger partial charge in [-0.25, -0.2) is 4.98 Å². The lowest BCUT2D eigenvalue weighted by molar-refractivity contribution is 0.683. The van der Waals surface area contributed by atoms with Crippen LogP contribution in [0.4, 0.5) is 0 Å². The van der Waals surface area contributed by atoms with Gasteiger partial charge in [0.1, 0.15) is 0 Å². The largest absolute Gasteiger partial charge is 0.336 e. The van der Waals surface area contributed by atoms with Crippen LogP contribution in [0.3, 0.4) is 0 Å². The Morgan fingerprint density at radius 3 is 2.52 bits per heavy atom. The highest BCUT2D eigenvalue weighted by Crippen LogP contribution is 2.39. The molecule has 118 valence electrons. The van der Waals surface area contributed by atoms with Gasteiger partial charge in [-0.1, -0.05) is 51.3 Å². The van der Waals surface area contributed by atoms with E-state index in [1.807, 2.05) is 30.7 Å². The number of hydrogen-bond acceptors (Lipinski definition) is 2. The minimum atomic E-state index is 0.245. The quantitative estimate of drug-likeness (QED) is 0.433. The van der Waals surface area contributed by atoms with Crippen LogP contribution in [0.5, 0.6) is 0 Å². The molecule has 23 heavy (non-hydrogen) atoms. The zero-order valence-electron chi connectivity index (χ0n) is 12.0. The highest BCUT2D eigenvalue weighted by Gasteiger charge is 2.15. The Morgan fingerprint density at radius 2 is 1.87 bits per heavy atom. The lowest BCUT2D eigenvalue weighted by atomic mass is 10.1. The van der Waals surface area contributed by atoms with Gasteiger partial charge in [0, 0.05) is 28.3 Å². The molecule has 1 unspecified atom stereocenters. The van der Waals surface area contributed by atoms with Crippen molar-refractivity contribution in [2.45, 2.75) is 16.7 Å². The van der Waals surface area contributed by atoms with Crippen molar-refractivity contribution in [3.05, 3.63) is 81.3 Å². The minimum Gasteiger partial charge on any atom is -0.336 e. The first-order chi connectivity index (χ1) is 11.1. The van der Waals surface area contributed by atoms with E-state index in [0.717, 1.165) is 15.9 Å². The van der Waals surface area contributed by atoms with Crippen LogP contribution in [0.15, 0.2) is 70.6 Å². The van der Waals surface area contributed by atoms with Crippen LogP contribution in [0.2, 0.25) is 10.0 Å². The summed E-state index contributed by atoms with van der Waals surface area (Å²) in [6.45, 7) is 0.826. The third-order valence-corrected chi connectivity index (χ3v) is 5.85. The van der Waals surface area contributed by atoms with Crippen LogP contribution in [-0.2, 0) is 6.54 Å². The van der Waals surface area contributed by atoms with E-state index in [1.165, 1.54) is 5.56 Å². The maximum atomic E-state index is 6.14. The molecular weight excluding hydrogens is 415 g/mol. The van der Waals surface area contributed by atoms with Gasteiger partial charge in [0.05, 0.1) is 21.6 Å². The molecule has 0 aliphatic heterocycles. The predicted octanol–water partition coefficient (Wildman–Crippen LogP) is 6.49. The number of thioether (sulfide) groups is 1. The van der Waals surface area contributed by atoms with Gasteiger partial charge in [-0.05, 0) is 35.9 Å². The zero-order valence-corrected chi connectivity index (χ0v) is 15.9. The van der Waals surface area contributed by atoms with Crippen molar-refractivity contribution in [3.63, 3.8) is 0 Å². The molecule has 3 rings (SSSR count). The molecule has 3 aromatic rings. The molecule has 0 spiro atoms. The average Bonchev–Trinajstić information content (AvgIpc) is 3.04. The van der Waals surface area contributed by atoms with Crippen LogP contribution in [0, 0.1) is 0 Å². The van der Waals surface area contributed by atoms with E-state index in [4.69, 9.17) is 23.2 Å². The summed E-state index contributed by atoms with van der Waals surface area (Å²) in [4.78, 5) is 5.21. The molecule has 2 nitrogen and oxygen atoms in total. The molecular formula is C17H13BrCl2N2S. The first-order valence-electron chi connectivity index (χ1n) is 6.95. The molecule has 0 aliphatic rings. The van der Waals surface area contributed by atoms with Crippen molar-refractivity contribution >= 4 is 50.9 Å². The maximum absolute atomic E-state index is 6.14. The van der Waals surface area contributed by atoms with Gasteiger partial charge in [0.2, 0.25) is 0 Å². The third kappa shape index (κ3) is 4.54. The van der Waals surface area contributed by atoms with Gasteiger partial charge in [-0.3, -0.25) is 0 Å².